The quantitative estimate of drug-likeness (QED) is 0.0410. The van der Waals surface area contributed by atoms with E-state index in [0.29, 0.717) is 19.3 Å². The summed E-state index contributed by atoms with van der Waals surface area (Å²) in [6.07, 6.45) is 28.3. The lowest BCUT2D eigenvalue weighted by atomic mass is 10.0. The molecule has 0 spiro atoms. The summed E-state index contributed by atoms with van der Waals surface area (Å²) in [5.41, 5.74) is 0. The maximum absolute atomic E-state index is 12.5. The molecule has 0 aliphatic heterocycles. The first-order valence-electron chi connectivity index (χ1n) is 18.9. The van der Waals surface area contributed by atoms with Crippen LogP contribution in [0.5, 0.6) is 0 Å². The molecule has 0 aromatic rings. The maximum Gasteiger partial charge on any atom is 0.306 e. The van der Waals surface area contributed by atoms with Crippen molar-refractivity contribution in [2.24, 2.45) is 5.92 Å². The largest absolute Gasteiger partial charge is 0.462 e. The number of carbonyl (C=O) groups excluding carboxylic acids is 3. The van der Waals surface area contributed by atoms with Gasteiger partial charge in [-0.15, -0.1) is 0 Å². The van der Waals surface area contributed by atoms with Gasteiger partial charge < -0.3 is 14.2 Å². The zero-order valence-corrected chi connectivity index (χ0v) is 29.6. The standard InChI is InChI=1S/C38H72O6/c1-5-7-9-11-12-13-14-19-23-27-31-38(41)44-35(32-42-36(39)29-25-20-10-8-6-2)33-43-37(40)30-26-22-18-16-15-17-21-24-28-34(3)4/h34-35H,5-33H2,1-4H3/t35-/m1/s1. The van der Waals surface area contributed by atoms with Crippen LogP contribution in [-0.2, 0) is 28.6 Å². The van der Waals surface area contributed by atoms with Gasteiger partial charge in [0.1, 0.15) is 13.2 Å². The van der Waals surface area contributed by atoms with Crippen molar-refractivity contribution < 1.29 is 28.6 Å². The van der Waals surface area contributed by atoms with E-state index in [-0.39, 0.29) is 31.1 Å². The molecule has 0 heterocycles. The lowest BCUT2D eigenvalue weighted by Gasteiger charge is -2.18. The Morgan fingerprint density at radius 3 is 1.11 bits per heavy atom. The number of ether oxygens (including phenoxy) is 3. The summed E-state index contributed by atoms with van der Waals surface area (Å²) in [5, 5.41) is 0. The lowest BCUT2D eigenvalue weighted by Crippen LogP contribution is -2.30. The molecule has 0 aliphatic carbocycles. The van der Waals surface area contributed by atoms with Gasteiger partial charge in [0.05, 0.1) is 0 Å². The average molecular weight is 625 g/mol. The molecule has 0 aromatic heterocycles. The highest BCUT2D eigenvalue weighted by Crippen LogP contribution is 2.15. The lowest BCUT2D eigenvalue weighted by molar-refractivity contribution is -0.167. The molecule has 0 unspecified atom stereocenters. The fraction of sp³-hybridized carbons (Fsp3) is 0.921. The molecule has 44 heavy (non-hydrogen) atoms. The van der Waals surface area contributed by atoms with Gasteiger partial charge in [0.2, 0.25) is 0 Å². The minimum absolute atomic E-state index is 0.0667. The smallest absolute Gasteiger partial charge is 0.306 e. The molecule has 1 atom stereocenters. The Labute approximate surface area is 272 Å². The van der Waals surface area contributed by atoms with Gasteiger partial charge in [-0.3, -0.25) is 14.4 Å². The third-order valence-electron chi connectivity index (χ3n) is 8.29. The number of hydrogen-bond acceptors (Lipinski definition) is 6. The molecule has 0 bridgehead atoms. The zero-order valence-electron chi connectivity index (χ0n) is 29.6. The normalized spacial score (nSPS) is 11.9. The first-order chi connectivity index (χ1) is 21.4. The summed E-state index contributed by atoms with van der Waals surface area (Å²) >= 11 is 0. The van der Waals surface area contributed by atoms with Gasteiger partial charge in [-0.1, -0.05) is 163 Å². The Bertz CT molecular complexity index is 662. The summed E-state index contributed by atoms with van der Waals surface area (Å²) in [6, 6.07) is 0. The highest BCUT2D eigenvalue weighted by Gasteiger charge is 2.19. The van der Waals surface area contributed by atoms with Gasteiger partial charge in [0, 0.05) is 19.3 Å². The number of unbranched alkanes of at least 4 members (excludes halogenated alkanes) is 20. The Balaban J connectivity index is 4.29. The van der Waals surface area contributed by atoms with Crippen molar-refractivity contribution >= 4 is 17.9 Å². The molecule has 0 N–H and O–H groups in total. The van der Waals surface area contributed by atoms with Gasteiger partial charge in [-0.2, -0.15) is 0 Å². The van der Waals surface area contributed by atoms with E-state index in [1.54, 1.807) is 0 Å². The summed E-state index contributed by atoms with van der Waals surface area (Å²) in [7, 11) is 0. The van der Waals surface area contributed by atoms with E-state index in [2.05, 4.69) is 27.7 Å². The maximum atomic E-state index is 12.5. The SMILES string of the molecule is CCCCCCCCCCCCC(=O)O[C@H](COC(=O)CCCCCCC)COC(=O)CCCCCCCCCCC(C)C. The van der Waals surface area contributed by atoms with Crippen LogP contribution < -0.4 is 0 Å². The Hall–Kier alpha value is -1.59. The van der Waals surface area contributed by atoms with Crippen LogP contribution in [0.1, 0.15) is 201 Å². The monoisotopic (exact) mass is 625 g/mol. The molecule has 0 amide bonds. The van der Waals surface area contributed by atoms with Crippen molar-refractivity contribution in [3.8, 4) is 0 Å². The third kappa shape index (κ3) is 31.8. The van der Waals surface area contributed by atoms with Gasteiger partial charge in [-0.05, 0) is 25.2 Å². The molecule has 0 saturated heterocycles. The van der Waals surface area contributed by atoms with Crippen molar-refractivity contribution in [3.63, 3.8) is 0 Å². The van der Waals surface area contributed by atoms with Crippen molar-refractivity contribution in [2.75, 3.05) is 13.2 Å². The molecule has 0 rings (SSSR count). The summed E-state index contributed by atoms with van der Waals surface area (Å²) in [4.78, 5) is 37.1. The molecule has 260 valence electrons. The molecule has 6 heteroatoms. The van der Waals surface area contributed by atoms with Crippen molar-refractivity contribution in [2.45, 2.75) is 207 Å². The Kier molecular flexibility index (Phi) is 31.6. The first-order valence-corrected chi connectivity index (χ1v) is 18.9. The van der Waals surface area contributed by atoms with E-state index in [0.717, 1.165) is 70.1 Å². The number of rotatable bonds is 33. The molecule has 0 aromatic carbocycles. The molecule has 0 saturated carbocycles. The van der Waals surface area contributed by atoms with E-state index in [9.17, 15) is 14.4 Å². The Morgan fingerprint density at radius 2 is 0.750 bits per heavy atom. The summed E-state index contributed by atoms with van der Waals surface area (Å²) in [5.74, 6) is -0.0859. The van der Waals surface area contributed by atoms with Crippen LogP contribution >= 0.6 is 0 Å². The fourth-order valence-electron chi connectivity index (χ4n) is 5.39. The Morgan fingerprint density at radius 1 is 0.432 bits per heavy atom. The van der Waals surface area contributed by atoms with E-state index in [1.807, 2.05) is 0 Å². The van der Waals surface area contributed by atoms with E-state index in [1.165, 1.54) is 89.9 Å². The highest BCUT2D eigenvalue weighted by molar-refractivity contribution is 5.71. The van der Waals surface area contributed by atoms with Gasteiger partial charge in [0.15, 0.2) is 6.10 Å². The van der Waals surface area contributed by atoms with Gasteiger partial charge in [0.25, 0.3) is 0 Å². The zero-order chi connectivity index (χ0) is 32.5. The summed E-state index contributed by atoms with van der Waals surface area (Å²) in [6.45, 7) is 8.83. The van der Waals surface area contributed by atoms with E-state index < -0.39 is 6.10 Å². The van der Waals surface area contributed by atoms with Crippen molar-refractivity contribution in [1.29, 1.82) is 0 Å². The summed E-state index contributed by atoms with van der Waals surface area (Å²) < 4.78 is 16.5. The van der Waals surface area contributed by atoms with E-state index in [4.69, 9.17) is 14.2 Å². The van der Waals surface area contributed by atoms with Crippen LogP contribution in [0.25, 0.3) is 0 Å². The predicted molar refractivity (Wildman–Crippen MR) is 183 cm³/mol. The molecular weight excluding hydrogens is 552 g/mol. The topological polar surface area (TPSA) is 78.9 Å². The van der Waals surface area contributed by atoms with Crippen LogP contribution in [0, 0.1) is 5.92 Å². The number of hydrogen-bond donors (Lipinski definition) is 0. The second-order valence-electron chi connectivity index (χ2n) is 13.3. The van der Waals surface area contributed by atoms with Gasteiger partial charge in [-0.25, -0.2) is 0 Å². The minimum Gasteiger partial charge on any atom is -0.462 e. The van der Waals surface area contributed by atoms with Crippen molar-refractivity contribution in [1.82, 2.24) is 0 Å². The highest BCUT2D eigenvalue weighted by atomic mass is 16.6. The van der Waals surface area contributed by atoms with Crippen LogP contribution in [-0.4, -0.2) is 37.2 Å². The number of carbonyl (C=O) groups is 3. The number of esters is 3. The van der Waals surface area contributed by atoms with Gasteiger partial charge >= 0.3 is 17.9 Å². The van der Waals surface area contributed by atoms with Crippen LogP contribution in [0.15, 0.2) is 0 Å². The molecule has 0 fully saturated rings. The second kappa shape index (κ2) is 32.8. The van der Waals surface area contributed by atoms with Crippen LogP contribution in [0.4, 0.5) is 0 Å². The first kappa shape index (κ1) is 42.4. The third-order valence-corrected chi connectivity index (χ3v) is 8.29. The van der Waals surface area contributed by atoms with Crippen LogP contribution in [0.3, 0.4) is 0 Å². The fourth-order valence-corrected chi connectivity index (χ4v) is 5.39. The predicted octanol–water partition coefficient (Wildman–Crippen LogP) is 11.2. The molecule has 0 aliphatic rings. The minimum atomic E-state index is -0.755. The molecular formula is C38H72O6. The second-order valence-corrected chi connectivity index (χ2v) is 13.3. The van der Waals surface area contributed by atoms with Crippen LogP contribution in [0.2, 0.25) is 0 Å². The molecule has 0 radical (unpaired) electrons. The van der Waals surface area contributed by atoms with E-state index >= 15 is 0 Å². The van der Waals surface area contributed by atoms with Crippen molar-refractivity contribution in [3.05, 3.63) is 0 Å². The average Bonchev–Trinajstić information content (AvgIpc) is 3.00. The molecule has 6 nitrogen and oxygen atoms in total.